The summed E-state index contributed by atoms with van der Waals surface area (Å²) in [5.74, 6) is 0. The van der Waals surface area contributed by atoms with Gasteiger partial charge in [-0.15, -0.1) is 0 Å². The molecule has 0 saturated heterocycles. The molecule has 2 rings (SSSR count). The van der Waals surface area contributed by atoms with E-state index in [4.69, 9.17) is 5.73 Å². The molecule has 0 aliphatic heterocycles. The second kappa shape index (κ2) is 4.55. The standard InChI is InChI=1S/C15H24N2O2S/c1-10(16)11-6-8-12(9-7-11)20(18,19)17-13-14(2,3)15(13,4)5/h6-10,13,17H,16H2,1-5H3. The Bertz CT molecular complexity index is 587. The molecule has 5 heteroatoms. The van der Waals surface area contributed by atoms with Crippen molar-refractivity contribution in [3.63, 3.8) is 0 Å². The van der Waals surface area contributed by atoms with Crippen molar-refractivity contribution in [2.45, 2.75) is 51.6 Å². The van der Waals surface area contributed by atoms with Gasteiger partial charge >= 0.3 is 0 Å². The highest BCUT2D eigenvalue weighted by atomic mass is 32.2. The van der Waals surface area contributed by atoms with Crippen molar-refractivity contribution >= 4 is 10.0 Å². The molecule has 0 bridgehead atoms. The van der Waals surface area contributed by atoms with E-state index in [1.54, 1.807) is 24.3 Å². The minimum Gasteiger partial charge on any atom is -0.324 e. The van der Waals surface area contributed by atoms with Gasteiger partial charge in [-0.05, 0) is 35.4 Å². The molecule has 1 saturated carbocycles. The molecule has 0 heterocycles. The van der Waals surface area contributed by atoms with Gasteiger partial charge in [-0.25, -0.2) is 13.1 Å². The molecule has 1 aliphatic rings. The SMILES string of the molecule is CC(N)c1ccc(S(=O)(=O)NC2C(C)(C)C2(C)C)cc1. The van der Waals surface area contributed by atoms with Gasteiger partial charge in [0.25, 0.3) is 0 Å². The Hall–Kier alpha value is -0.910. The van der Waals surface area contributed by atoms with E-state index < -0.39 is 10.0 Å². The van der Waals surface area contributed by atoms with Crippen LogP contribution in [-0.2, 0) is 10.0 Å². The van der Waals surface area contributed by atoms with Crippen LogP contribution in [0.1, 0.15) is 46.2 Å². The molecule has 0 amide bonds. The van der Waals surface area contributed by atoms with Gasteiger partial charge < -0.3 is 5.73 Å². The first-order valence-corrected chi connectivity index (χ1v) is 8.36. The van der Waals surface area contributed by atoms with Crippen molar-refractivity contribution in [1.29, 1.82) is 0 Å². The van der Waals surface area contributed by atoms with Crippen LogP contribution in [0.25, 0.3) is 0 Å². The van der Waals surface area contributed by atoms with Crippen molar-refractivity contribution < 1.29 is 8.42 Å². The molecular formula is C15H24N2O2S. The lowest BCUT2D eigenvalue weighted by atomic mass is 10.0. The van der Waals surface area contributed by atoms with Gasteiger partial charge in [0.05, 0.1) is 4.90 Å². The van der Waals surface area contributed by atoms with Crippen LogP contribution >= 0.6 is 0 Å². The third kappa shape index (κ3) is 2.38. The maximum absolute atomic E-state index is 12.4. The van der Waals surface area contributed by atoms with Crippen molar-refractivity contribution in [2.75, 3.05) is 0 Å². The van der Waals surface area contributed by atoms with Gasteiger partial charge in [-0.1, -0.05) is 39.8 Å². The number of hydrogen-bond donors (Lipinski definition) is 2. The molecule has 1 atom stereocenters. The van der Waals surface area contributed by atoms with E-state index in [1.807, 2.05) is 6.92 Å². The first-order valence-electron chi connectivity index (χ1n) is 6.88. The van der Waals surface area contributed by atoms with Crippen LogP contribution in [0.3, 0.4) is 0 Å². The Balaban J connectivity index is 2.20. The van der Waals surface area contributed by atoms with E-state index in [0.29, 0.717) is 4.90 Å². The number of rotatable bonds is 4. The summed E-state index contributed by atoms with van der Waals surface area (Å²) in [6, 6.07) is 6.63. The van der Waals surface area contributed by atoms with Gasteiger partial charge in [0, 0.05) is 12.1 Å². The van der Waals surface area contributed by atoms with Crippen LogP contribution < -0.4 is 10.5 Å². The average molecular weight is 296 g/mol. The van der Waals surface area contributed by atoms with Gasteiger partial charge in [0.15, 0.2) is 0 Å². The summed E-state index contributed by atoms with van der Waals surface area (Å²) in [7, 11) is -3.47. The maximum atomic E-state index is 12.4. The summed E-state index contributed by atoms with van der Waals surface area (Å²) >= 11 is 0. The third-order valence-electron chi connectivity index (χ3n) is 5.01. The van der Waals surface area contributed by atoms with Gasteiger partial charge in [-0.2, -0.15) is 0 Å². The minimum absolute atomic E-state index is 0.0220. The molecule has 20 heavy (non-hydrogen) atoms. The third-order valence-corrected chi connectivity index (χ3v) is 6.45. The lowest BCUT2D eigenvalue weighted by Gasteiger charge is -2.10. The molecule has 0 aromatic heterocycles. The van der Waals surface area contributed by atoms with Crippen LogP contribution in [0.2, 0.25) is 0 Å². The Morgan fingerprint density at radius 3 is 1.90 bits per heavy atom. The highest BCUT2D eigenvalue weighted by molar-refractivity contribution is 7.89. The lowest BCUT2D eigenvalue weighted by Crippen LogP contribution is -2.29. The van der Waals surface area contributed by atoms with E-state index in [2.05, 4.69) is 32.4 Å². The van der Waals surface area contributed by atoms with Crippen LogP contribution in [0.5, 0.6) is 0 Å². The summed E-state index contributed by atoms with van der Waals surface area (Å²) in [6.45, 7) is 10.2. The molecule has 3 N–H and O–H groups in total. The van der Waals surface area contributed by atoms with Crippen molar-refractivity contribution in [3.8, 4) is 0 Å². The summed E-state index contributed by atoms with van der Waals surface area (Å²) in [5.41, 5.74) is 6.65. The van der Waals surface area contributed by atoms with E-state index in [0.717, 1.165) is 5.56 Å². The van der Waals surface area contributed by atoms with Gasteiger partial charge in [-0.3, -0.25) is 0 Å². The number of nitrogens with one attached hydrogen (secondary N) is 1. The fourth-order valence-electron chi connectivity index (χ4n) is 2.66. The smallest absolute Gasteiger partial charge is 0.240 e. The quantitative estimate of drug-likeness (QED) is 0.896. The maximum Gasteiger partial charge on any atom is 0.240 e. The number of sulfonamides is 1. The Labute approximate surface area is 121 Å². The van der Waals surface area contributed by atoms with Crippen LogP contribution in [0.4, 0.5) is 0 Å². The number of nitrogens with two attached hydrogens (primary N) is 1. The highest BCUT2D eigenvalue weighted by Crippen LogP contribution is 2.62. The van der Waals surface area contributed by atoms with Crippen molar-refractivity contribution in [2.24, 2.45) is 16.6 Å². The molecule has 1 aromatic carbocycles. The van der Waals surface area contributed by atoms with E-state index >= 15 is 0 Å². The molecule has 1 aromatic rings. The largest absolute Gasteiger partial charge is 0.324 e. The zero-order chi connectivity index (χ0) is 15.3. The fourth-order valence-corrected chi connectivity index (χ4v) is 4.19. The van der Waals surface area contributed by atoms with E-state index in [9.17, 15) is 8.42 Å². The highest BCUT2D eigenvalue weighted by Gasteiger charge is 2.65. The average Bonchev–Trinajstić information content (AvgIpc) is 2.71. The van der Waals surface area contributed by atoms with Crippen LogP contribution in [0.15, 0.2) is 29.2 Å². The van der Waals surface area contributed by atoms with E-state index in [1.165, 1.54) is 0 Å². The van der Waals surface area contributed by atoms with Gasteiger partial charge in [0.1, 0.15) is 0 Å². The Morgan fingerprint density at radius 1 is 1.10 bits per heavy atom. The first kappa shape index (κ1) is 15.5. The molecule has 1 fully saturated rings. The van der Waals surface area contributed by atoms with Crippen LogP contribution in [-0.4, -0.2) is 14.5 Å². The molecule has 0 spiro atoms. The van der Waals surface area contributed by atoms with Crippen molar-refractivity contribution in [3.05, 3.63) is 29.8 Å². The summed E-state index contributed by atoms with van der Waals surface area (Å²) in [6.07, 6.45) is 0. The van der Waals surface area contributed by atoms with E-state index in [-0.39, 0.29) is 22.9 Å². The zero-order valence-corrected chi connectivity index (χ0v) is 13.6. The summed E-state index contributed by atoms with van der Waals surface area (Å²) < 4.78 is 27.6. The zero-order valence-electron chi connectivity index (χ0n) is 12.8. The molecule has 0 radical (unpaired) electrons. The lowest BCUT2D eigenvalue weighted by molar-refractivity contribution is 0.457. The second-order valence-corrected chi connectivity index (χ2v) is 8.57. The Morgan fingerprint density at radius 2 is 1.55 bits per heavy atom. The summed E-state index contributed by atoms with van der Waals surface area (Å²) in [5, 5.41) is 0. The summed E-state index contributed by atoms with van der Waals surface area (Å²) in [4.78, 5) is 0.292. The number of hydrogen-bond acceptors (Lipinski definition) is 3. The van der Waals surface area contributed by atoms with Gasteiger partial charge in [0.2, 0.25) is 10.0 Å². The minimum atomic E-state index is -3.47. The molecule has 1 aliphatic carbocycles. The first-order chi connectivity index (χ1) is 9.00. The van der Waals surface area contributed by atoms with Crippen molar-refractivity contribution in [1.82, 2.24) is 4.72 Å². The topological polar surface area (TPSA) is 72.2 Å². The predicted molar refractivity (Wildman–Crippen MR) is 80.7 cm³/mol. The Kier molecular flexibility index (Phi) is 3.52. The molecule has 112 valence electrons. The normalized spacial score (nSPS) is 22.5. The second-order valence-electron chi connectivity index (χ2n) is 6.86. The predicted octanol–water partition coefficient (Wildman–Crippen LogP) is 2.42. The monoisotopic (exact) mass is 296 g/mol. The van der Waals surface area contributed by atoms with Crippen LogP contribution in [0, 0.1) is 10.8 Å². The number of benzene rings is 1. The molecule has 4 nitrogen and oxygen atoms in total. The fraction of sp³-hybridized carbons (Fsp3) is 0.600. The molecule has 1 unspecified atom stereocenters. The molecular weight excluding hydrogens is 272 g/mol.